The van der Waals surface area contributed by atoms with Gasteiger partial charge in [0.25, 0.3) is 0 Å². The summed E-state index contributed by atoms with van der Waals surface area (Å²) in [5, 5.41) is 14.0. The van der Waals surface area contributed by atoms with Gasteiger partial charge in [0, 0.05) is 17.8 Å². The molecular formula is C16H23N3O5. The summed E-state index contributed by atoms with van der Waals surface area (Å²) < 4.78 is 5.01. The lowest BCUT2D eigenvalue weighted by atomic mass is 10.1. The molecule has 0 unspecified atom stereocenters. The first kappa shape index (κ1) is 19.3. The molecule has 1 aromatic carbocycles. The molecule has 0 saturated heterocycles. The van der Waals surface area contributed by atoms with Gasteiger partial charge in [-0.15, -0.1) is 0 Å². The van der Waals surface area contributed by atoms with Crippen LogP contribution < -0.4 is 16.4 Å². The van der Waals surface area contributed by atoms with Crippen molar-refractivity contribution in [1.82, 2.24) is 5.32 Å². The molecule has 132 valence electrons. The zero-order valence-corrected chi connectivity index (χ0v) is 14.0. The van der Waals surface area contributed by atoms with Crippen LogP contribution >= 0.6 is 0 Å². The number of carboxylic acid groups (broad SMARTS) is 1. The number of nitrogens with two attached hydrogens (primary N) is 1. The lowest BCUT2D eigenvalue weighted by molar-refractivity contribution is -0.139. The number of anilines is 2. The molecule has 0 aromatic heterocycles. The van der Waals surface area contributed by atoms with E-state index in [-0.39, 0.29) is 18.7 Å². The average Bonchev–Trinajstić information content (AvgIpc) is 2.43. The van der Waals surface area contributed by atoms with E-state index in [1.165, 1.54) is 0 Å². The largest absolute Gasteiger partial charge is 0.480 e. The third-order valence-electron chi connectivity index (χ3n) is 2.84. The molecule has 1 rings (SSSR count). The summed E-state index contributed by atoms with van der Waals surface area (Å²) in [5.41, 5.74) is 5.94. The molecule has 0 saturated carbocycles. The maximum absolute atomic E-state index is 11.9. The van der Waals surface area contributed by atoms with Gasteiger partial charge in [-0.1, -0.05) is 0 Å². The van der Waals surface area contributed by atoms with Gasteiger partial charge in [-0.2, -0.15) is 0 Å². The van der Waals surface area contributed by atoms with Crippen LogP contribution in [0.2, 0.25) is 0 Å². The summed E-state index contributed by atoms with van der Waals surface area (Å²) in [6.07, 6.45) is -0.971. The average molecular weight is 337 g/mol. The normalized spacial score (nSPS) is 12.1. The first-order valence-corrected chi connectivity index (χ1v) is 7.44. The molecule has 0 heterocycles. The Hall–Kier alpha value is -2.77. The highest BCUT2D eigenvalue weighted by Gasteiger charge is 2.24. The summed E-state index contributed by atoms with van der Waals surface area (Å²) in [5.74, 6) is -1.60. The molecule has 8 heteroatoms. The quantitative estimate of drug-likeness (QED) is 0.587. The molecule has 8 nitrogen and oxygen atoms in total. The van der Waals surface area contributed by atoms with E-state index in [2.05, 4.69) is 10.6 Å². The molecule has 0 bridgehead atoms. The van der Waals surface area contributed by atoms with Crippen LogP contribution in [0, 0.1) is 0 Å². The Morgan fingerprint density at radius 1 is 1.21 bits per heavy atom. The minimum atomic E-state index is -1.24. The summed E-state index contributed by atoms with van der Waals surface area (Å²) in [4.78, 5) is 34.7. The molecule has 0 aliphatic carbocycles. The fraction of sp³-hybridized carbons (Fsp3) is 0.438. The van der Waals surface area contributed by atoms with Crippen molar-refractivity contribution in [2.75, 3.05) is 11.1 Å². The van der Waals surface area contributed by atoms with Gasteiger partial charge < -0.3 is 26.2 Å². The van der Waals surface area contributed by atoms with Gasteiger partial charge >= 0.3 is 12.1 Å². The first-order valence-electron chi connectivity index (χ1n) is 7.44. The summed E-state index contributed by atoms with van der Waals surface area (Å²) >= 11 is 0. The third-order valence-corrected chi connectivity index (χ3v) is 2.84. The van der Waals surface area contributed by atoms with Gasteiger partial charge in [0.05, 0.1) is 0 Å². The molecule has 0 fully saturated rings. The fourth-order valence-corrected chi connectivity index (χ4v) is 1.77. The van der Waals surface area contributed by atoms with Gasteiger partial charge in [0.2, 0.25) is 5.91 Å². The minimum absolute atomic E-state index is 0.0601. The Morgan fingerprint density at radius 3 is 2.29 bits per heavy atom. The number of alkyl carbamates (subject to hydrolysis) is 1. The van der Waals surface area contributed by atoms with E-state index in [4.69, 9.17) is 15.6 Å². The Kier molecular flexibility index (Phi) is 6.58. The van der Waals surface area contributed by atoms with Crippen LogP contribution in [0.5, 0.6) is 0 Å². The maximum Gasteiger partial charge on any atom is 0.408 e. The number of hydrogen-bond donors (Lipinski definition) is 4. The van der Waals surface area contributed by atoms with Gasteiger partial charge in [0.1, 0.15) is 11.6 Å². The second kappa shape index (κ2) is 8.19. The van der Waals surface area contributed by atoms with Crippen LogP contribution in [0.15, 0.2) is 24.3 Å². The van der Waals surface area contributed by atoms with E-state index in [0.717, 1.165) is 0 Å². The predicted molar refractivity (Wildman–Crippen MR) is 89.5 cm³/mol. The number of carbonyl (C=O) groups excluding carboxylic acids is 2. The molecule has 5 N–H and O–H groups in total. The minimum Gasteiger partial charge on any atom is -0.480 e. The number of nitrogen functional groups attached to an aromatic ring is 1. The predicted octanol–water partition coefficient (Wildman–Crippen LogP) is 1.97. The number of amides is 2. The van der Waals surface area contributed by atoms with Crippen LogP contribution in [-0.4, -0.2) is 34.7 Å². The second-order valence-corrected chi connectivity index (χ2v) is 6.25. The van der Waals surface area contributed by atoms with Crippen molar-refractivity contribution in [2.45, 2.75) is 45.3 Å². The van der Waals surface area contributed by atoms with Crippen molar-refractivity contribution < 1.29 is 24.2 Å². The standard InChI is InChI=1S/C16H23N3O5/c1-16(2,3)24-15(23)19-12(14(21)22)8-9-13(20)18-11-6-4-10(17)5-7-11/h4-7,12H,8-9,17H2,1-3H3,(H,18,20)(H,19,23)(H,21,22)/t12-/m0/s1. The number of aliphatic carboxylic acids is 1. The highest BCUT2D eigenvalue weighted by molar-refractivity contribution is 5.91. The molecule has 1 atom stereocenters. The lowest BCUT2D eigenvalue weighted by Gasteiger charge is -2.21. The summed E-state index contributed by atoms with van der Waals surface area (Å²) in [6, 6.07) is 5.35. The van der Waals surface area contributed by atoms with Crippen LogP contribution in [0.1, 0.15) is 33.6 Å². The van der Waals surface area contributed by atoms with E-state index >= 15 is 0 Å². The lowest BCUT2D eigenvalue weighted by Crippen LogP contribution is -2.43. The molecule has 0 radical (unpaired) electrons. The van der Waals surface area contributed by atoms with Crippen LogP contribution in [0.25, 0.3) is 0 Å². The molecule has 0 spiro atoms. The molecule has 0 aliphatic heterocycles. The van der Waals surface area contributed by atoms with Crippen molar-refractivity contribution in [3.8, 4) is 0 Å². The van der Waals surface area contributed by atoms with Gasteiger partial charge in [-0.3, -0.25) is 4.79 Å². The van der Waals surface area contributed by atoms with Crippen LogP contribution in [0.4, 0.5) is 16.2 Å². The highest BCUT2D eigenvalue weighted by Crippen LogP contribution is 2.12. The van der Waals surface area contributed by atoms with Crippen molar-refractivity contribution in [3.63, 3.8) is 0 Å². The van der Waals surface area contributed by atoms with Crippen molar-refractivity contribution in [3.05, 3.63) is 24.3 Å². The number of hydrogen-bond acceptors (Lipinski definition) is 5. The Balaban J connectivity index is 2.50. The van der Waals surface area contributed by atoms with E-state index in [1.54, 1.807) is 45.0 Å². The number of benzene rings is 1. The van der Waals surface area contributed by atoms with E-state index in [9.17, 15) is 14.4 Å². The van der Waals surface area contributed by atoms with Crippen molar-refractivity contribution >= 4 is 29.3 Å². The van der Waals surface area contributed by atoms with E-state index in [1.807, 2.05) is 0 Å². The Morgan fingerprint density at radius 2 is 1.79 bits per heavy atom. The molecule has 0 aliphatic rings. The van der Waals surface area contributed by atoms with Crippen molar-refractivity contribution in [2.24, 2.45) is 0 Å². The summed E-state index contributed by atoms with van der Waals surface area (Å²) in [7, 11) is 0. The van der Waals surface area contributed by atoms with Gasteiger partial charge in [-0.25, -0.2) is 9.59 Å². The number of carboxylic acids is 1. The van der Waals surface area contributed by atoms with Crippen LogP contribution in [0.3, 0.4) is 0 Å². The van der Waals surface area contributed by atoms with E-state index in [0.29, 0.717) is 11.4 Å². The van der Waals surface area contributed by atoms with Gasteiger partial charge in [0.15, 0.2) is 0 Å². The van der Waals surface area contributed by atoms with E-state index < -0.39 is 23.7 Å². The monoisotopic (exact) mass is 337 g/mol. The SMILES string of the molecule is CC(C)(C)OC(=O)N[C@@H](CCC(=O)Nc1ccc(N)cc1)C(=O)O. The number of ether oxygens (including phenoxy) is 1. The number of rotatable bonds is 6. The Labute approximate surface area is 140 Å². The van der Waals surface area contributed by atoms with Gasteiger partial charge in [-0.05, 0) is 51.5 Å². The topological polar surface area (TPSA) is 131 Å². The zero-order valence-electron chi connectivity index (χ0n) is 14.0. The zero-order chi connectivity index (χ0) is 18.3. The van der Waals surface area contributed by atoms with Crippen molar-refractivity contribution in [1.29, 1.82) is 0 Å². The third kappa shape index (κ3) is 7.48. The molecule has 24 heavy (non-hydrogen) atoms. The first-order chi connectivity index (χ1) is 11.1. The second-order valence-electron chi connectivity index (χ2n) is 6.25. The van der Waals surface area contributed by atoms with Crippen LogP contribution in [-0.2, 0) is 14.3 Å². The smallest absolute Gasteiger partial charge is 0.408 e. The highest BCUT2D eigenvalue weighted by atomic mass is 16.6. The summed E-state index contributed by atoms with van der Waals surface area (Å²) in [6.45, 7) is 5.01. The fourth-order valence-electron chi connectivity index (χ4n) is 1.77. The molecule has 2 amide bonds. The maximum atomic E-state index is 11.9. The number of carbonyl (C=O) groups is 3. The molecule has 1 aromatic rings. The Bertz CT molecular complexity index is 593. The number of nitrogens with one attached hydrogen (secondary N) is 2. The molecular weight excluding hydrogens is 314 g/mol.